The molecule has 0 bridgehead atoms. The highest BCUT2D eigenvalue weighted by molar-refractivity contribution is 7.99. The topological polar surface area (TPSA) is 68.1 Å². The van der Waals surface area contributed by atoms with Gasteiger partial charge in [0.2, 0.25) is 11.8 Å². The quantitative estimate of drug-likeness (QED) is 0.554. The average Bonchev–Trinajstić information content (AvgIpc) is 3.38. The van der Waals surface area contributed by atoms with Crippen LogP contribution in [0.3, 0.4) is 0 Å². The van der Waals surface area contributed by atoms with Crippen LogP contribution in [0, 0.1) is 0 Å². The van der Waals surface area contributed by atoms with E-state index in [1.807, 2.05) is 34.9 Å². The SMILES string of the molecule is CC(C)(C)c1ccc(-c2nnc(SCC(=O)N3CCCC3=O)n2-c2ccccc2)cc1. The number of para-hydroxylation sites is 1. The van der Waals surface area contributed by atoms with Gasteiger partial charge in [0.1, 0.15) is 0 Å². The molecule has 1 aliphatic rings. The van der Waals surface area contributed by atoms with Gasteiger partial charge < -0.3 is 0 Å². The summed E-state index contributed by atoms with van der Waals surface area (Å²) in [5, 5.41) is 9.45. The summed E-state index contributed by atoms with van der Waals surface area (Å²) in [6, 6.07) is 18.2. The van der Waals surface area contributed by atoms with E-state index >= 15 is 0 Å². The van der Waals surface area contributed by atoms with E-state index in [0.29, 0.717) is 18.1 Å². The Morgan fingerprint density at radius 2 is 1.74 bits per heavy atom. The number of benzene rings is 2. The van der Waals surface area contributed by atoms with Gasteiger partial charge in [-0.15, -0.1) is 10.2 Å². The fourth-order valence-corrected chi connectivity index (χ4v) is 4.42. The second-order valence-electron chi connectivity index (χ2n) is 8.64. The summed E-state index contributed by atoms with van der Waals surface area (Å²) < 4.78 is 1.97. The second kappa shape index (κ2) is 8.67. The number of imide groups is 1. The number of likely N-dealkylation sites (tertiary alicyclic amines) is 1. The molecule has 1 aromatic heterocycles. The van der Waals surface area contributed by atoms with Crippen molar-refractivity contribution in [1.29, 1.82) is 0 Å². The molecule has 2 amide bonds. The molecule has 4 rings (SSSR count). The molecule has 160 valence electrons. The van der Waals surface area contributed by atoms with Gasteiger partial charge >= 0.3 is 0 Å². The van der Waals surface area contributed by atoms with Crippen molar-refractivity contribution >= 4 is 23.6 Å². The molecule has 7 heteroatoms. The molecule has 0 aliphatic carbocycles. The zero-order valence-electron chi connectivity index (χ0n) is 18.0. The van der Waals surface area contributed by atoms with Crippen molar-refractivity contribution < 1.29 is 9.59 Å². The lowest BCUT2D eigenvalue weighted by atomic mass is 9.87. The van der Waals surface area contributed by atoms with Gasteiger partial charge in [-0.1, -0.05) is 75.0 Å². The predicted octanol–water partition coefficient (Wildman–Crippen LogP) is 4.47. The van der Waals surface area contributed by atoms with Crippen LogP contribution in [0.2, 0.25) is 0 Å². The van der Waals surface area contributed by atoms with Crippen molar-refractivity contribution in [3.8, 4) is 17.1 Å². The summed E-state index contributed by atoms with van der Waals surface area (Å²) in [6.07, 6.45) is 1.19. The molecule has 1 saturated heterocycles. The Balaban J connectivity index is 1.65. The zero-order valence-corrected chi connectivity index (χ0v) is 18.9. The van der Waals surface area contributed by atoms with Crippen molar-refractivity contribution in [3.05, 3.63) is 60.2 Å². The minimum Gasteiger partial charge on any atom is -0.282 e. The molecule has 31 heavy (non-hydrogen) atoms. The van der Waals surface area contributed by atoms with E-state index in [4.69, 9.17) is 0 Å². The van der Waals surface area contributed by atoms with Crippen LogP contribution in [0.4, 0.5) is 0 Å². The number of amides is 2. The van der Waals surface area contributed by atoms with Gasteiger partial charge in [0.15, 0.2) is 11.0 Å². The van der Waals surface area contributed by atoms with Gasteiger partial charge in [0.25, 0.3) is 0 Å². The van der Waals surface area contributed by atoms with Crippen LogP contribution < -0.4 is 0 Å². The highest BCUT2D eigenvalue weighted by Gasteiger charge is 2.27. The molecular formula is C24H26N4O2S. The molecule has 0 N–H and O–H groups in total. The van der Waals surface area contributed by atoms with E-state index in [-0.39, 0.29) is 23.0 Å². The van der Waals surface area contributed by atoms with Crippen LogP contribution in [0.5, 0.6) is 0 Å². The third-order valence-electron chi connectivity index (χ3n) is 5.36. The first-order chi connectivity index (χ1) is 14.8. The number of carbonyl (C=O) groups is 2. The van der Waals surface area contributed by atoms with E-state index in [1.165, 1.54) is 22.2 Å². The summed E-state index contributed by atoms with van der Waals surface area (Å²) in [5.74, 6) is 0.611. The number of carbonyl (C=O) groups excluding carboxylic acids is 2. The number of aromatic nitrogens is 3. The number of hydrogen-bond acceptors (Lipinski definition) is 5. The van der Waals surface area contributed by atoms with Crippen LogP contribution in [0.15, 0.2) is 59.8 Å². The third kappa shape index (κ3) is 4.56. The normalized spacial score (nSPS) is 14.3. The van der Waals surface area contributed by atoms with Crippen molar-refractivity contribution in [2.75, 3.05) is 12.3 Å². The Morgan fingerprint density at radius 3 is 2.35 bits per heavy atom. The molecule has 2 aromatic carbocycles. The first-order valence-electron chi connectivity index (χ1n) is 10.4. The summed E-state index contributed by atoms with van der Waals surface area (Å²) in [4.78, 5) is 25.7. The van der Waals surface area contributed by atoms with Gasteiger partial charge in [-0.3, -0.25) is 19.1 Å². The summed E-state index contributed by atoms with van der Waals surface area (Å²) in [6.45, 7) is 7.07. The Labute approximate surface area is 186 Å². The van der Waals surface area contributed by atoms with E-state index in [9.17, 15) is 9.59 Å². The molecule has 1 aliphatic heterocycles. The van der Waals surface area contributed by atoms with E-state index in [2.05, 4.69) is 55.2 Å². The molecule has 0 unspecified atom stereocenters. The lowest BCUT2D eigenvalue weighted by Gasteiger charge is -2.19. The number of thioether (sulfide) groups is 1. The summed E-state index contributed by atoms with van der Waals surface area (Å²) >= 11 is 1.31. The van der Waals surface area contributed by atoms with Crippen molar-refractivity contribution in [2.24, 2.45) is 0 Å². The largest absolute Gasteiger partial charge is 0.282 e. The van der Waals surface area contributed by atoms with Crippen molar-refractivity contribution in [3.63, 3.8) is 0 Å². The maximum Gasteiger partial charge on any atom is 0.239 e. The van der Waals surface area contributed by atoms with Crippen LogP contribution in [0.25, 0.3) is 17.1 Å². The Bertz CT molecular complexity index is 1090. The number of rotatable bonds is 5. The molecule has 0 saturated carbocycles. The van der Waals surface area contributed by atoms with Gasteiger partial charge in [0.05, 0.1) is 5.75 Å². The Kier molecular flexibility index (Phi) is 5.96. The maximum atomic E-state index is 12.5. The van der Waals surface area contributed by atoms with Crippen LogP contribution in [0.1, 0.15) is 39.2 Å². The summed E-state index contributed by atoms with van der Waals surface area (Å²) in [7, 11) is 0. The Hall–Kier alpha value is -2.93. The van der Waals surface area contributed by atoms with Gasteiger partial charge in [0, 0.05) is 24.2 Å². The predicted molar refractivity (Wildman–Crippen MR) is 122 cm³/mol. The van der Waals surface area contributed by atoms with Gasteiger partial charge in [-0.05, 0) is 29.5 Å². The second-order valence-corrected chi connectivity index (χ2v) is 9.58. The fourth-order valence-electron chi connectivity index (χ4n) is 3.60. The minimum absolute atomic E-state index is 0.0695. The molecule has 3 aromatic rings. The number of nitrogens with zero attached hydrogens (tertiary/aromatic N) is 4. The fraction of sp³-hybridized carbons (Fsp3) is 0.333. The lowest BCUT2D eigenvalue weighted by molar-refractivity contribution is -0.140. The van der Waals surface area contributed by atoms with Crippen molar-refractivity contribution in [2.45, 2.75) is 44.2 Å². The Morgan fingerprint density at radius 1 is 1.03 bits per heavy atom. The monoisotopic (exact) mass is 434 g/mol. The van der Waals surface area contributed by atoms with Crippen molar-refractivity contribution in [1.82, 2.24) is 19.7 Å². The zero-order chi connectivity index (χ0) is 22.0. The lowest BCUT2D eigenvalue weighted by Crippen LogP contribution is -2.33. The van der Waals surface area contributed by atoms with Crippen LogP contribution in [-0.4, -0.2) is 43.8 Å². The smallest absolute Gasteiger partial charge is 0.239 e. The van der Waals surface area contributed by atoms with Gasteiger partial charge in [-0.25, -0.2) is 0 Å². The standard InChI is InChI=1S/C24H26N4O2S/c1-24(2,3)18-13-11-17(12-14-18)22-25-26-23(28(22)19-8-5-4-6-9-19)31-16-21(30)27-15-7-10-20(27)29/h4-6,8-9,11-14H,7,10,15-16H2,1-3H3. The molecule has 0 spiro atoms. The maximum absolute atomic E-state index is 12.5. The minimum atomic E-state index is -0.175. The van der Waals surface area contributed by atoms with Crippen LogP contribution >= 0.6 is 11.8 Å². The third-order valence-corrected chi connectivity index (χ3v) is 6.27. The molecular weight excluding hydrogens is 408 g/mol. The molecule has 6 nitrogen and oxygen atoms in total. The average molecular weight is 435 g/mol. The number of hydrogen-bond donors (Lipinski definition) is 0. The van der Waals surface area contributed by atoms with E-state index < -0.39 is 0 Å². The van der Waals surface area contributed by atoms with E-state index in [0.717, 1.165) is 23.5 Å². The highest BCUT2D eigenvalue weighted by Crippen LogP contribution is 2.30. The first kappa shape index (κ1) is 21.3. The molecule has 0 atom stereocenters. The van der Waals surface area contributed by atoms with E-state index in [1.54, 1.807) is 0 Å². The highest BCUT2D eigenvalue weighted by atomic mass is 32.2. The molecule has 0 radical (unpaired) electrons. The first-order valence-corrected chi connectivity index (χ1v) is 11.4. The van der Waals surface area contributed by atoms with Crippen LogP contribution in [-0.2, 0) is 15.0 Å². The molecule has 1 fully saturated rings. The van der Waals surface area contributed by atoms with Gasteiger partial charge in [-0.2, -0.15) is 0 Å². The summed E-state index contributed by atoms with van der Waals surface area (Å²) in [5.41, 5.74) is 3.20. The molecule has 2 heterocycles.